The SMILES string of the molecule is C=C(CNC(C)(C)C)CN(CCN(C)C)CC(C)C. The van der Waals surface area contributed by atoms with Crippen LogP contribution in [0.5, 0.6) is 0 Å². The summed E-state index contributed by atoms with van der Waals surface area (Å²) < 4.78 is 0. The maximum absolute atomic E-state index is 4.21. The zero-order valence-corrected chi connectivity index (χ0v) is 14.2. The van der Waals surface area contributed by atoms with Crippen molar-refractivity contribution in [2.24, 2.45) is 5.92 Å². The summed E-state index contributed by atoms with van der Waals surface area (Å²) in [5.41, 5.74) is 1.43. The van der Waals surface area contributed by atoms with Crippen LogP contribution >= 0.6 is 0 Å². The van der Waals surface area contributed by atoms with Gasteiger partial charge in [-0.05, 0) is 46.4 Å². The van der Waals surface area contributed by atoms with Crippen molar-refractivity contribution in [3.05, 3.63) is 12.2 Å². The van der Waals surface area contributed by atoms with Gasteiger partial charge in [0.25, 0.3) is 0 Å². The number of likely N-dealkylation sites (N-methyl/N-ethyl adjacent to an activating group) is 1. The van der Waals surface area contributed by atoms with Gasteiger partial charge >= 0.3 is 0 Å². The van der Waals surface area contributed by atoms with E-state index in [4.69, 9.17) is 0 Å². The summed E-state index contributed by atoms with van der Waals surface area (Å²) >= 11 is 0. The lowest BCUT2D eigenvalue weighted by Crippen LogP contribution is -2.40. The van der Waals surface area contributed by atoms with Gasteiger partial charge in [0, 0.05) is 38.3 Å². The molecule has 0 atom stereocenters. The Balaban J connectivity index is 4.18. The largest absolute Gasteiger partial charge is 0.308 e. The fraction of sp³-hybridized carbons (Fsp3) is 0.875. The third-order valence-corrected chi connectivity index (χ3v) is 2.80. The summed E-state index contributed by atoms with van der Waals surface area (Å²) in [6.07, 6.45) is 0. The average molecular weight is 269 g/mol. The number of rotatable bonds is 9. The Morgan fingerprint density at radius 1 is 1.16 bits per heavy atom. The molecule has 19 heavy (non-hydrogen) atoms. The van der Waals surface area contributed by atoms with Gasteiger partial charge < -0.3 is 10.2 Å². The zero-order valence-electron chi connectivity index (χ0n) is 14.2. The lowest BCUT2D eigenvalue weighted by atomic mass is 10.1. The minimum Gasteiger partial charge on any atom is -0.308 e. The monoisotopic (exact) mass is 269 g/mol. The van der Waals surface area contributed by atoms with Crippen LogP contribution in [0.25, 0.3) is 0 Å². The van der Waals surface area contributed by atoms with Crippen molar-refractivity contribution in [1.82, 2.24) is 15.1 Å². The molecule has 0 aliphatic rings. The molecule has 0 fully saturated rings. The van der Waals surface area contributed by atoms with Crippen LogP contribution in [0, 0.1) is 5.92 Å². The normalized spacial score (nSPS) is 12.7. The van der Waals surface area contributed by atoms with Crippen molar-refractivity contribution in [3.63, 3.8) is 0 Å². The first-order valence-electron chi connectivity index (χ1n) is 7.39. The highest BCUT2D eigenvalue weighted by atomic mass is 15.2. The van der Waals surface area contributed by atoms with Crippen LogP contribution in [0.15, 0.2) is 12.2 Å². The summed E-state index contributed by atoms with van der Waals surface area (Å²) in [4.78, 5) is 4.75. The van der Waals surface area contributed by atoms with Crippen LogP contribution in [0.1, 0.15) is 34.6 Å². The van der Waals surface area contributed by atoms with Gasteiger partial charge in [0.1, 0.15) is 0 Å². The van der Waals surface area contributed by atoms with Gasteiger partial charge in [-0.3, -0.25) is 4.90 Å². The maximum atomic E-state index is 4.21. The molecule has 0 heterocycles. The van der Waals surface area contributed by atoms with Gasteiger partial charge in [0.15, 0.2) is 0 Å². The Labute approximate surface area is 121 Å². The lowest BCUT2D eigenvalue weighted by Gasteiger charge is -2.28. The van der Waals surface area contributed by atoms with Crippen LogP contribution < -0.4 is 5.32 Å². The first-order valence-corrected chi connectivity index (χ1v) is 7.39. The third-order valence-electron chi connectivity index (χ3n) is 2.80. The second-order valence-corrected chi connectivity index (χ2v) is 7.29. The molecule has 3 nitrogen and oxygen atoms in total. The van der Waals surface area contributed by atoms with E-state index in [-0.39, 0.29) is 5.54 Å². The predicted molar refractivity (Wildman–Crippen MR) is 86.7 cm³/mol. The van der Waals surface area contributed by atoms with E-state index in [1.807, 2.05) is 0 Å². The molecule has 0 saturated carbocycles. The zero-order chi connectivity index (χ0) is 15.1. The Bertz CT molecular complexity index is 251. The van der Waals surface area contributed by atoms with Crippen molar-refractivity contribution in [3.8, 4) is 0 Å². The van der Waals surface area contributed by atoms with Gasteiger partial charge in [-0.15, -0.1) is 0 Å². The van der Waals surface area contributed by atoms with Crippen LogP contribution in [-0.2, 0) is 0 Å². The fourth-order valence-corrected chi connectivity index (χ4v) is 1.86. The second kappa shape index (κ2) is 8.72. The van der Waals surface area contributed by atoms with E-state index in [1.165, 1.54) is 5.57 Å². The van der Waals surface area contributed by atoms with Crippen molar-refractivity contribution < 1.29 is 0 Å². The average Bonchev–Trinajstić information content (AvgIpc) is 2.21. The quantitative estimate of drug-likeness (QED) is 0.649. The molecule has 0 amide bonds. The number of nitrogens with zero attached hydrogens (tertiary/aromatic N) is 2. The van der Waals surface area contributed by atoms with E-state index in [9.17, 15) is 0 Å². The van der Waals surface area contributed by atoms with Gasteiger partial charge in [-0.2, -0.15) is 0 Å². The minimum atomic E-state index is 0.162. The molecule has 0 saturated heterocycles. The molecule has 0 radical (unpaired) electrons. The molecule has 0 aromatic rings. The van der Waals surface area contributed by atoms with Crippen molar-refractivity contribution in [2.45, 2.75) is 40.2 Å². The summed E-state index contributed by atoms with van der Waals surface area (Å²) in [6.45, 7) is 20.6. The van der Waals surface area contributed by atoms with E-state index in [0.717, 1.165) is 32.7 Å². The van der Waals surface area contributed by atoms with E-state index in [2.05, 4.69) is 70.4 Å². The molecule has 0 bridgehead atoms. The molecular formula is C16H35N3. The molecule has 3 heteroatoms. The Morgan fingerprint density at radius 2 is 1.74 bits per heavy atom. The fourth-order valence-electron chi connectivity index (χ4n) is 1.86. The van der Waals surface area contributed by atoms with Crippen LogP contribution in [-0.4, -0.2) is 62.2 Å². The Morgan fingerprint density at radius 3 is 2.16 bits per heavy atom. The first-order chi connectivity index (χ1) is 8.60. The molecule has 1 N–H and O–H groups in total. The van der Waals surface area contributed by atoms with Crippen molar-refractivity contribution in [1.29, 1.82) is 0 Å². The molecule has 0 aromatic carbocycles. The van der Waals surface area contributed by atoms with Gasteiger partial charge in [-0.25, -0.2) is 0 Å². The smallest absolute Gasteiger partial charge is 0.0203 e. The predicted octanol–water partition coefficient (Wildman–Crippen LogP) is 2.45. The summed E-state index contributed by atoms with van der Waals surface area (Å²) in [6, 6.07) is 0. The molecule has 0 aliphatic carbocycles. The molecular weight excluding hydrogens is 234 g/mol. The number of hydrogen-bond acceptors (Lipinski definition) is 3. The van der Waals surface area contributed by atoms with Crippen molar-refractivity contribution >= 4 is 0 Å². The second-order valence-electron chi connectivity index (χ2n) is 7.29. The summed E-state index contributed by atoms with van der Waals surface area (Å²) in [7, 11) is 4.26. The van der Waals surface area contributed by atoms with E-state index in [0.29, 0.717) is 5.92 Å². The molecule has 114 valence electrons. The summed E-state index contributed by atoms with van der Waals surface area (Å²) in [5, 5.41) is 3.51. The molecule has 0 aromatic heterocycles. The number of nitrogens with one attached hydrogen (secondary N) is 1. The highest BCUT2D eigenvalue weighted by Gasteiger charge is 2.12. The van der Waals surface area contributed by atoms with Crippen LogP contribution in [0.4, 0.5) is 0 Å². The maximum Gasteiger partial charge on any atom is 0.0203 e. The van der Waals surface area contributed by atoms with E-state index < -0.39 is 0 Å². The van der Waals surface area contributed by atoms with Crippen LogP contribution in [0.2, 0.25) is 0 Å². The first kappa shape index (κ1) is 18.6. The van der Waals surface area contributed by atoms with Crippen molar-refractivity contribution in [2.75, 3.05) is 46.8 Å². The molecule has 0 spiro atoms. The standard InChI is InChI=1S/C16H35N3/c1-14(2)12-19(10-9-18(7)8)13-15(3)11-17-16(4,5)6/h14,17H,3,9-13H2,1-2,4-8H3. The molecule has 0 aliphatic heterocycles. The van der Waals surface area contributed by atoms with Gasteiger partial charge in [0.2, 0.25) is 0 Å². The topological polar surface area (TPSA) is 18.5 Å². The summed E-state index contributed by atoms with van der Waals surface area (Å²) in [5.74, 6) is 0.700. The van der Waals surface area contributed by atoms with Gasteiger partial charge in [0.05, 0.1) is 0 Å². The molecule has 0 rings (SSSR count). The number of hydrogen-bond donors (Lipinski definition) is 1. The molecule has 0 unspecified atom stereocenters. The van der Waals surface area contributed by atoms with Gasteiger partial charge in [-0.1, -0.05) is 20.4 Å². The highest BCUT2D eigenvalue weighted by molar-refractivity contribution is 5.01. The Hall–Kier alpha value is -0.380. The highest BCUT2D eigenvalue weighted by Crippen LogP contribution is 2.04. The van der Waals surface area contributed by atoms with E-state index >= 15 is 0 Å². The minimum absolute atomic E-state index is 0.162. The van der Waals surface area contributed by atoms with Crippen LogP contribution in [0.3, 0.4) is 0 Å². The van der Waals surface area contributed by atoms with E-state index in [1.54, 1.807) is 0 Å². The lowest BCUT2D eigenvalue weighted by molar-refractivity contribution is 0.232. The Kier molecular flexibility index (Phi) is 8.55. The third kappa shape index (κ3) is 12.4.